The molecule has 0 aliphatic heterocycles. The highest BCUT2D eigenvalue weighted by Crippen LogP contribution is 2.40. The zero-order valence-electron chi connectivity index (χ0n) is 15.2. The van der Waals surface area contributed by atoms with Crippen molar-refractivity contribution >= 4 is 16.9 Å². The lowest BCUT2D eigenvalue weighted by Crippen LogP contribution is -2.30. The summed E-state index contributed by atoms with van der Waals surface area (Å²) in [5.74, 6) is 2.03. The predicted octanol–water partition coefficient (Wildman–Crippen LogP) is 4.17. The van der Waals surface area contributed by atoms with Crippen LogP contribution in [0.1, 0.15) is 18.9 Å². The molecule has 5 rings (SSSR count). The van der Waals surface area contributed by atoms with Gasteiger partial charge in [-0.3, -0.25) is 0 Å². The van der Waals surface area contributed by atoms with Crippen LogP contribution in [0.4, 0.5) is 5.82 Å². The lowest BCUT2D eigenvalue weighted by atomic mass is 9.89. The molecule has 1 saturated carbocycles. The van der Waals surface area contributed by atoms with E-state index in [2.05, 4.69) is 20.7 Å². The Balaban J connectivity index is 1.52. The molecule has 140 valence electrons. The summed E-state index contributed by atoms with van der Waals surface area (Å²) >= 11 is 0. The minimum Gasteiger partial charge on any atom is -0.457 e. The molecule has 2 aromatic carbocycles. The van der Waals surface area contributed by atoms with E-state index in [0.29, 0.717) is 5.82 Å². The summed E-state index contributed by atoms with van der Waals surface area (Å²) in [4.78, 5) is 8.63. The van der Waals surface area contributed by atoms with Gasteiger partial charge in [0.05, 0.1) is 11.5 Å². The van der Waals surface area contributed by atoms with Crippen LogP contribution in [0.15, 0.2) is 67.1 Å². The zero-order valence-corrected chi connectivity index (χ0v) is 15.2. The van der Waals surface area contributed by atoms with Gasteiger partial charge in [0, 0.05) is 17.8 Å². The number of ether oxygens (including phenoxy) is 1. The van der Waals surface area contributed by atoms with E-state index in [0.717, 1.165) is 46.5 Å². The predicted molar refractivity (Wildman–Crippen MR) is 108 cm³/mol. The van der Waals surface area contributed by atoms with E-state index in [4.69, 9.17) is 10.5 Å². The Bertz CT molecular complexity index is 1120. The van der Waals surface area contributed by atoms with Gasteiger partial charge in [0.15, 0.2) is 0 Å². The van der Waals surface area contributed by atoms with Crippen molar-refractivity contribution in [3.63, 3.8) is 0 Å². The molecule has 0 spiro atoms. The molecule has 2 heterocycles. The molecule has 0 unspecified atom stereocenters. The van der Waals surface area contributed by atoms with Crippen LogP contribution in [0.25, 0.3) is 22.2 Å². The number of para-hydroxylation sites is 1. The average Bonchev–Trinajstić information content (AvgIpc) is 3.07. The maximum Gasteiger partial charge on any atom is 0.146 e. The topological polar surface area (TPSA) is 86.2 Å². The number of anilines is 1. The van der Waals surface area contributed by atoms with Gasteiger partial charge in [0.1, 0.15) is 29.3 Å². The first-order valence-corrected chi connectivity index (χ1v) is 9.31. The average molecular weight is 372 g/mol. The monoisotopic (exact) mass is 372 g/mol. The van der Waals surface area contributed by atoms with Gasteiger partial charge in [0.25, 0.3) is 0 Å². The van der Waals surface area contributed by atoms with Crippen molar-refractivity contribution in [3.8, 4) is 22.6 Å². The molecular weight excluding hydrogens is 352 g/mol. The van der Waals surface area contributed by atoms with E-state index < -0.39 is 0 Å². The molecular formula is C22H20N4O2. The van der Waals surface area contributed by atoms with Crippen molar-refractivity contribution in [2.75, 3.05) is 5.73 Å². The summed E-state index contributed by atoms with van der Waals surface area (Å²) in [6.45, 7) is 0. The first kappa shape index (κ1) is 16.8. The Morgan fingerprint density at radius 1 is 0.964 bits per heavy atom. The van der Waals surface area contributed by atoms with Crippen LogP contribution in [-0.4, -0.2) is 25.7 Å². The molecule has 0 bridgehead atoms. The number of hydrogen-bond donors (Lipinski definition) is 2. The van der Waals surface area contributed by atoms with E-state index >= 15 is 0 Å². The van der Waals surface area contributed by atoms with E-state index in [1.807, 2.05) is 54.6 Å². The third kappa shape index (κ3) is 2.88. The lowest BCUT2D eigenvalue weighted by Gasteiger charge is -2.32. The number of rotatable bonds is 4. The number of aliphatic hydroxyl groups is 1. The van der Waals surface area contributed by atoms with Crippen LogP contribution >= 0.6 is 0 Å². The molecule has 0 amide bonds. The smallest absolute Gasteiger partial charge is 0.146 e. The van der Waals surface area contributed by atoms with Crippen molar-refractivity contribution in [3.05, 3.63) is 67.1 Å². The van der Waals surface area contributed by atoms with Gasteiger partial charge in [-0.2, -0.15) is 0 Å². The molecule has 3 N–H and O–H groups in total. The molecule has 1 aliphatic carbocycles. The molecule has 0 atom stereocenters. The van der Waals surface area contributed by atoms with E-state index in [1.165, 1.54) is 6.33 Å². The third-order valence-electron chi connectivity index (χ3n) is 5.26. The van der Waals surface area contributed by atoms with Crippen LogP contribution in [-0.2, 0) is 0 Å². The summed E-state index contributed by atoms with van der Waals surface area (Å²) in [6.07, 6.45) is 4.79. The summed E-state index contributed by atoms with van der Waals surface area (Å²) in [7, 11) is 0. The second-order valence-electron chi connectivity index (χ2n) is 7.13. The second kappa shape index (κ2) is 6.65. The van der Waals surface area contributed by atoms with Gasteiger partial charge >= 0.3 is 0 Å². The number of hydrogen-bond acceptors (Lipinski definition) is 5. The minimum atomic E-state index is -0.237. The molecule has 6 nitrogen and oxygen atoms in total. The number of benzene rings is 2. The standard InChI is InChI=1S/C22H20N4O2/c23-21-20-19(12-26(15-10-16(27)11-15)22(20)25-13-24-21)14-6-8-18(9-7-14)28-17-4-2-1-3-5-17/h1-9,12-13,15-16,27H,10-11H2,(H2,23,24,25)/t15-,16+. The minimum absolute atomic E-state index is 0.237. The van der Waals surface area contributed by atoms with Crippen molar-refractivity contribution in [2.24, 2.45) is 0 Å². The number of nitrogens with zero attached hydrogens (tertiary/aromatic N) is 3. The van der Waals surface area contributed by atoms with Gasteiger partial charge in [-0.1, -0.05) is 30.3 Å². The summed E-state index contributed by atoms with van der Waals surface area (Å²) in [5.41, 5.74) is 9.00. The van der Waals surface area contributed by atoms with Crippen molar-refractivity contribution in [2.45, 2.75) is 25.0 Å². The van der Waals surface area contributed by atoms with Crippen LogP contribution < -0.4 is 10.5 Å². The zero-order chi connectivity index (χ0) is 19.1. The Morgan fingerprint density at radius 2 is 1.68 bits per heavy atom. The Kier molecular flexibility index (Phi) is 3.98. The van der Waals surface area contributed by atoms with Crippen molar-refractivity contribution in [1.29, 1.82) is 0 Å². The molecule has 0 saturated heterocycles. The number of nitrogens with two attached hydrogens (primary N) is 1. The fourth-order valence-electron chi connectivity index (χ4n) is 3.72. The van der Waals surface area contributed by atoms with Crippen molar-refractivity contribution < 1.29 is 9.84 Å². The van der Waals surface area contributed by atoms with E-state index in [9.17, 15) is 5.11 Å². The fourth-order valence-corrected chi connectivity index (χ4v) is 3.72. The first-order valence-electron chi connectivity index (χ1n) is 9.31. The number of fused-ring (bicyclic) bond motifs is 1. The van der Waals surface area contributed by atoms with Crippen LogP contribution in [0.2, 0.25) is 0 Å². The SMILES string of the molecule is Nc1ncnc2c1c(-c1ccc(Oc3ccccc3)cc1)cn2[C@H]1C[C@@H](O)C1. The Labute approximate surface area is 162 Å². The highest BCUT2D eigenvalue weighted by atomic mass is 16.5. The largest absolute Gasteiger partial charge is 0.457 e. The highest BCUT2D eigenvalue weighted by Gasteiger charge is 2.31. The van der Waals surface area contributed by atoms with E-state index in [1.54, 1.807) is 0 Å². The maximum absolute atomic E-state index is 9.70. The number of aromatic nitrogens is 3. The summed E-state index contributed by atoms with van der Waals surface area (Å²) < 4.78 is 7.99. The van der Waals surface area contributed by atoms with Gasteiger partial charge in [-0.05, 0) is 42.7 Å². The quantitative estimate of drug-likeness (QED) is 0.561. The number of nitrogen functional groups attached to an aromatic ring is 1. The van der Waals surface area contributed by atoms with Crippen LogP contribution in [0.5, 0.6) is 11.5 Å². The third-order valence-corrected chi connectivity index (χ3v) is 5.26. The second-order valence-corrected chi connectivity index (χ2v) is 7.13. The highest BCUT2D eigenvalue weighted by molar-refractivity contribution is 6.00. The molecule has 6 heteroatoms. The first-order chi connectivity index (χ1) is 13.7. The molecule has 1 aliphatic rings. The molecule has 4 aromatic rings. The number of aliphatic hydroxyl groups excluding tert-OH is 1. The Hall–Kier alpha value is -3.38. The van der Waals surface area contributed by atoms with Crippen LogP contribution in [0, 0.1) is 0 Å². The lowest BCUT2D eigenvalue weighted by molar-refractivity contribution is 0.0502. The molecule has 1 fully saturated rings. The van der Waals surface area contributed by atoms with Crippen molar-refractivity contribution in [1.82, 2.24) is 14.5 Å². The Morgan fingerprint density at radius 3 is 2.39 bits per heavy atom. The normalized spacial score (nSPS) is 18.8. The summed E-state index contributed by atoms with van der Waals surface area (Å²) in [6, 6.07) is 17.8. The van der Waals surface area contributed by atoms with Gasteiger partial charge in [0.2, 0.25) is 0 Å². The maximum atomic E-state index is 9.70. The van der Waals surface area contributed by atoms with Gasteiger partial charge in [-0.25, -0.2) is 9.97 Å². The molecule has 0 radical (unpaired) electrons. The van der Waals surface area contributed by atoms with Gasteiger partial charge < -0.3 is 20.1 Å². The van der Waals surface area contributed by atoms with Gasteiger partial charge in [-0.15, -0.1) is 0 Å². The van der Waals surface area contributed by atoms with E-state index in [-0.39, 0.29) is 12.1 Å². The van der Waals surface area contributed by atoms with Crippen LogP contribution in [0.3, 0.4) is 0 Å². The summed E-state index contributed by atoms with van der Waals surface area (Å²) in [5, 5.41) is 10.5. The molecule has 2 aromatic heterocycles. The fraction of sp³-hybridized carbons (Fsp3) is 0.182. The molecule has 28 heavy (non-hydrogen) atoms.